The summed E-state index contributed by atoms with van der Waals surface area (Å²) in [5, 5.41) is 0.643. The van der Waals surface area contributed by atoms with Crippen molar-refractivity contribution in [3.63, 3.8) is 0 Å². The lowest BCUT2D eigenvalue weighted by Gasteiger charge is -2.25. The molecule has 0 N–H and O–H groups in total. The first-order valence-corrected chi connectivity index (χ1v) is 10.7. The molecule has 2 aromatic rings. The van der Waals surface area contributed by atoms with Gasteiger partial charge in [0, 0.05) is 30.7 Å². The van der Waals surface area contributed by atoms with Crippen LogP contribution >= 0.6 is 11.6 Å². The highest BCUT2D eigenvalue weighted by Gasteiger charge is 2.23. The molecule has 0 spiro atoms. The fourth-order valence-corrected chi connectivity index (χ4v) is 4.41. The van der Waals surface area contributed by atoms with Gasteiger partial charge in [-0.1, -0.05) is 37.6 Å². The van der Waals surface area contributed by atoms with Gasteiger partial charge in [0.05, 0.1) is 10.9 Å². The number of hydrogen-bond acceptors (Lipinski definition) is 3. The van der Waals surface area contributed by atoms with Crippen molar-refractivity contribution in [1.82, 2.24) is 9.21 Å². The summed E-state index contributed by atoms with van der Waals surface area (Å²) in [6.45, 7) is 6.33. The van der Waals surface area contributed by atoms with Crippen LogP contribution in [0.15, 0.2) is 53.4 Å². The maximum atomic E-state index is 12.8. The van der Waals surface area contributed by atoms with Crippen molar-refractivity contribution in [1.29, 1.82) is 0 Å². The lowest BCUT2D eigenvalue weighted by Crippen LogP contribution is -2.31. The fraction of sp³-hybridized carbons (Fsp3) is 0.350. The Morgan fingerprint density at radius 1 is 1.00 bits per heavy atom. The normalized spacial score (nSPS) is 12.8. The third-order valence-electron chi connectivity index (χ3n) is 4.70. The molecule has 5 nitrogen and oxygen atoms in total. The number of carbonyl (C=O) groups is 1. The Labute approximate surface area is 166 Å². The zero-order chi connectivity index (χ0) is 20.2. The van der Waals surface area contributed by atoms with Gasteiger partial charge in [-0.2, -0.15) is 4.31 Å². The summed E-state index contributed by atoms with van der Waals surface area (Å²) in [5.74, 6) is -0.177. The van der Waals surface area contributed by atoms with Gasteiger partial charge in [0.15, 0.2) is 0 Å². The molecule has 2 rings (SSSR count). The van der Waals surface area contributed by atoms with Crippen LogP contribution in [0.4, 0.5) is 0 Å². The average molecular weight is 409 g/mol. The van der Waals surface area contributed by atoms with Gasteiger partial charge in [-0.25, -0.2) is 8.42 Å². The summed E-state index contributed by atoms with van der Waals surface area (Å²) in [5.41, 5.74) is 1.41. The van der Waals surface area contributed by atoms with E-state index in [2.05, 4.69) is 0 Å². The Bertz CT molecular complexity index is 876. The van der Waals surface area contributed by atoms with Crippen LogP contribution in [0.25, 0.3) is 0 Å². The van der Waals surface area contributed by atoms with Crippen LogP contribution in [0.1, 0.15) is 42.7 Å². The van der Waals surface area contributed by atoms with Crippen LogP contribution < -0.4 is 0 Å². The van der Waals surface area contributed by atoms with Gasteiger partial charge in [-0.05, 0) is 48.9 Å². The van der Waals surface area contributed by atoms with Crippen molar-refractivity contribution in [3.05, 3.63) is 64.7 Å². The number of sulfonamides is 1. The predicted octanol–water partition coefficient (Wildman–Crippen LogP) is 4.20. The fourth-order valence-electron chi connectivity index (χ4n) is 2.83. The minimum atomic E-state index is -3.53. The van der Waals surface area contributed by atoms with Crippen molar-refractivity contribution in [2.75, 3.05) is 20.1 Å². The van der Waals surface area contributed by atoms with E-state index in [1.807, 2.05) is 19.1 Å². The standard InChI is InChI=1S/C20H25ClN2O3S/c1-5-23(6-2)27(25,26)19-13-9-17(10-14-19)20(24)22(4)15(3)16-7-11-18(21)12-8-16/h7-15H,5-6H2,1-4H3. The summed E-state index contributed by atoms with van der Waals surface area (Å²) in [6, 6.07) is 13.3. The van der Waals surface area contributed by atoms with E-state index in [-0.39, 0.29) is 16.8 Å². The van der Waals surface area contributed by atoms with E-state index in [9.17, 15) is 13.2 Å². The molecule has 27 heavy (non-hydrogen) atoms. The number of hydrogen-bond donors (Lipinski definition) is 0. The number of amides is 1. The minimum Gasteiger partial charge on any atom is -0.335 e. The number of rotatable bonds is 7. The lowest BCUT2D eigenvalue weighted by atomic mass is 10.1. The average Bonchev–Trinajstić information content (AvgIpc) is 2.67. The summed E-state index contributed by atoms with van der Waals surface area (Å²) >= 11 is 5.92. The maximum absolute atomic E-state index is 12.8. The highest BCUT2D eigenvalue weighted by atomic mass is 35.5. The Hall–Kier alpha value is -1.89. The zero-order valence-corrected chi connectivity index (χ0v) is 17.6. The predicted molar refractivity (Wildman–Crippen MR) is 109 cm³/mol. The van der Waals surface area contributed by atoms with E-state index >= 15 is 0 Å². The second kappa shape index (κ2) is 8.87. The van der Waals surface area contributed by atoms with Gasteiger partial charge in [0.25, 0.3) is 5.91 Å². The molecule has 0 radical (unpaired) electrons. The molecular formula is C20H25ClN2O3S. The Morgan fingerprint density at radius 2 is 1.52 bits per heavy atom. The summed E-state index contributed by atoms with van der Waals surface area (Å²) in [7, 11) is -1.81. The van der Waals surface area contributed by atoms with Gasteiger partial charge in [0.1, 0.15) is 0 Å². The van der Waals surface area contributed by atoms with Gasteiger partial charge in [-0.3, -0.25) is 4.79 Å². The Kier molecular flexibility index (Phi) is 7.03. The largest absolute Gasteiger partial charge is 0.335 e. The second-order valence-electron chi connectivity index (χ2n) is 6.26. The van der Waals surface area contributed by atoms with Crippen molar-refractivity contribution in [2.45, 2.75) is 31.7 Å². The molecule has 0 aliphatic rings. The topological polar surface area (TPSA) is 57.7 Å². The molecule has 2 aromatic carbocycles. The number of halogens is 1. The number of carbonyl (C=O) groups excluding carboxylic acids is 1. The molecule has 0 saturated carbocycles. The van der Waals surface area contributed by atoms with Crippen molar-refractivity contribution in [2.24, 2.45) is 0 Å². The van der Waals surface area contributed by atoms with Crippen LogP contribution in [0.3, 0.4) is 0 Å². The van der Waals surface area contributed by atoms with Crippen LogP contribution in [0.2, 0.25) is 5.02 Å². The third-order valence-corrected chi connectivity index (χ3v) is 7.01. The molecule has 1 unspecified atom stereocenters. The van der Waals surface area contributed by atoms with E-state index < -0.39 is 10.0 Å². The molecule has 0 heterocycles. The minimum absolute atomic E-state index is 0.145. The third kappa shape index (κ3) is 4.69. The molecule has 0 aromatic heterocycles. The van der Waals surface area contributed by atoms with E-state index in [1.165, 1.54) is 16.4 Å². The van der Waals surface area contributed by atoms with Crippen molar-refractivity contribution in [3.8, 4) is 0 Å². The lowest BCUT2D eigenvalue weighted by molar-refractivity contribution is 0.0742. The highest BCUT2D eigenvalue weighted by Crippen LogP contribution is 2.23. The molecule has 146 valence electrons. The van der Waals surface area contributed by atoms with Gasteiger partial charge in [-0.15, -0.1) is 0 Å². The zero-order valence-electron chi connectivity index (χ0n) is 16.0. The van der Waals surface area contributed by atoms with Crippen LogP contribution in [-0.2, 0) is 10.0 Å². The SMILES string of the molecule is CCN(CC)S(=O)(=O)c1ccc(C(=O)N(C)C(C)c2ccc(Cl)cc2)cc1. The molecule has 0 aliphatic carbocycles. The van der Waals surface area contributed by atoms with E-state index in [0.29, 0.717) is 23.7 Å². The van der Waals surface area contributed by atoms with E-state index in [1.54, 1.807) is 50.1 Å². The summed E-state index contributed by atoms with van der Waals surface area (Å²) < 4.78 is 26.5. The first-order valence-electron chi connectivity index (χ1n) is 8.85. The first kappa shape index (κ1) is 21.4. The number of nitrogens with zero attached hydrogens (tertiary/aromatic N) is 2. The molecule has 0 aliphatic heterocycles. The monoisotopic (exact) mass is 408 g/mol. The van der Waals surface area contributed by atoms with Crippen LogP contribution in [0, 0.1) is 0 Å². The quantitative estimate of drug-likeness (QED) is 0.689. The van der Waals surface area contributed by atoms with Gasteiger partial charge < -0.3 is 4.90 Å². The Morgan fingerprint density at radius 3 is 2.00 bits per heavy atom. The molecule has 1 amide bonds. The van der Waals surface area contributed by atoms with E-state index in [0.717, 1.165) is 5.56 Å². The second-order valence-corrected chi connectivity index (χ2v) is 8.63. The number of benzene rings is 2. The van der Waals surface area contributed by atoms with Crippen molar-refractivity contribution < 1.29 is 13.2 Å². The van der Waals surface area contributed by atoms with Crippen LogP contribution in [-0.4, -0.2) is 43.7 Å². The molecule has 7 heteroatoms. The van der Waals surface area contributed by atoms with E-state index in [4.69, 9.17) is 11.6 Å². The molecule has 0 saturated heterocycles. The molecule has 0 bridgehead atoms. The molecule has 0 fully saturated rings. The summed E-state index contributed by atoms with van der Waals surface area (Å²) in [4.78, 5) is 14.6. The molecular weight excluding hydrogens is 384 g/mol. The van der Waals surface area contributed by atoms with Gasteiger partial charge in [0.2, 0.25) is 10.0 Å². The highest BCUT2D eigenvalue weighted by molar-refractivity contribution is 7.89. The smallest absolute Gasteiger partial charge is 0.254 e. The van der Waals surface area contributed by atoms with Crippen LogP contribution in [0.5, 0.6) is 0 Å². The van der Waals surface area contributed by atoms with Gasteiger partial charge >= 0.3 is 0 Å². The first-order chi connectivity index (χ1) is 12.7. The maximum Gasteiger partial charge on any atom is 0.254 e. The Balaban J connectivity index is 2.21. The van der Waals surface area contributed by atoms with Crippen molar-refractivity contribution >= 4 is 27.5 Å². The molecule has 1 atom stereocenters. The summed E-state index contributed by atoms with van der Waals surface area (Å²) in [6.07, 6.45) is 0.